The van der Waals surface area contributed by atoms with Crippen LogP contribution in [-0.2, 0) is 0 Å². The summed E-state index contributed by atoms with van der Waals surface area (Å²) in [5.74, 6) is 1.41. The Morgan fingerprint density at radius 3 is 2.68 bits per heavy atom. The molecule has 113 valence electrons. The van der Waals surface area contributed by atoms with E-state index in [4.69, 9.17) is 9.47 Å². The maximum Gasteiger partial charge on any atom is 0.231 e. The number of fused-ring (bicyclic) bond motifs is 1. The van der Waals surface area contributed by atoms with Gasteiger partial charge in [-0.25, -0.2) is 9.50 Å². The van der Waals surface area contributed by atoms with Gasteiger partial charge in [-0.3, -0.25) is 0 Å². The van der Waals surface area contributed by atoms with Crippen LogP contribution in [0.4, 0.5) is 0 Å². The normalized spacial score (nSPS) is 10.8. The summed E-state index contributed by atoms with van der Waals surface area (Å²) in [6.45, 7) is 4.42. The summed E-state index contributed by atoms with van der Waals surface area (Å²) in [6, 6.07) is 11.6. The van der Waals surface area contributed by atoms with Gasteiger partial charge in [0, 0.05) is 11.6 Å². The third-order valence-corrected chi connectivity index (χ3v) is 3.37. The van der Waals surface area contributed by atoms with E-state index in [-0.39, 0.29) is 0 Å². The fourth-order valence-electron chi connectivity index (χ4n) is 2.17. The van der Waals surface area contributed by atoms with Crippen LogP contribution < -0.4 is 9.47 Å². The van der Waals surface area contributed by atoms with Crippen molar-refractivity contribution >= 4 is 5.65 Å². The summed E-state index contributed by atoms with van der Waals surface area (Å²) < 4.78 is 12.6. The molecule has 1 aromatic carbocycles. The molecule has 0 spiro atoms. The number of aromatic nitrogens is 3. The Kier molecular flexibility index (Phi) is 4.23. The molecule has 5 heteroatoms. The van der Waals surface area contributed by atoms with Crippen LogP contribution in [0.15, 0.2) is 42.6 Å². The summed E-state index contributed by atoms with van der Waals surface area (Å²) in [5, 5.41) is 4.51. The average Bonchev–Trinajstić information content (AvgIpc) is 2.98. The zero-order valence-corrected chi connectivity index (χ0v) is 12.5. The Bertz CT molecular complexity index is 750. The molecule has 2 heterocycles. The number of nitrogens with zero attached hydrogens (tertiary/aromatic N) is 3. The molecule has 3 rings (SSSR count). The van der Waals surface area contributed by atoms with Crippen LogP contribution in [0.5, 0.6) is 11.6 Å². The van der Waals surface area contributed by atoms with Crippen molar-refractivity contribution in [3.05, 3.63) is 49.5 Å². The third kappa shape index (κ3) is 2.88. The zero-order chi connectivity index (χ0) is 15.4. The molecule has 0 aliphatic heterocycles. The van der Waals surface area contributed by atoms with Crippen molar-refractivity contribution in [1.82, 2.24) is 14.6 Å². The first-order chi connectivity index (χ1) is 10.8. The van der Waals surface area contributed by atoms with Gasteiger partial charge in [0.25, 0.3) is 0 Å². The van der Waals surface area contributed by atoms with E-state index in [9.17, 15) is 0 Å². The molecule has 0 fully saturated rings. The van der Waals surface area contributed by atoms with Crippen molar-refractivity contribution < 1.29 is 9.47 Å². The molecule has 22 heavy (non-hydrogen) atoms. The smallest absolute Gasteiger partial charge is 0.231 e. The first kappa shape index (κ1) is 14.4. The monoisotopic (exact) mass is 296 g/mol. The van der Waals surface area contributed by atoms with Gasteiger partial charge in [-0.2, -0.15) is 0 Å². The van der Waals surface area contributed by atoms with Gasteiger partial charge < -0.3 is 9.47 Å². The van der Waals surface area contributed by atoms with E-state index in [1.54, 1.807) is 11.6 Å². The van der Waals surface area contributed by atoms with Crippen LogP contribution in [0.25, 0.3) is 16.9 Å². The van der Waals surface area contributed by atoms with Crippen LogP contribution >= 0.6 is 0 Å². The summed E-state index contributed by atoms with van der Waals surface area (Å²) in [7, 11) is 1.65. The maximum absolute atomic E-state index is 5.63. The van der Waals surface area contributed by atoms with Gasteiger partial charge in [-0.1, -0.05) is 13.3 Å². The Hall–Kier alpha value is -2.56. The Morgan fingerprint density at radius 2 is 1.95 bits per heavy atom. The Balaban J connectivity index is 1.93. The lowest BCUT2D eigenvalue weighted by molar-refractivity contribution is 0.295. The molecule has 0 aliphatic rings. The number of hydrogen-bond acceptors (Lipinski definition) is 4. The summed E-state index contributed by atoms with van der Waals surface area (Å²) in [6.07, 6.45) is 3.57. The van der Waals surface area contributed by atoms with Gasteiger partial charge in [-0.05, 0) is 36.8 Å². The van der Waals surface area contributed by atoms with Gasteiger partial charge in [0.2, 0.25) is 5.88 Å². The number of methoxy groups -OCH3 is 1. The van der Waals surface area contributed by atoms with E-state index in [1.165, 1.54) is 0 Å². The largest absolute Gasteiger partial charge is 0.497 e. The quantitative estimate of drug-likeness (QED) is 0.654. The lowest BCUT2D eigenvalue weighted by Gasteiger charge is -2.06. The van der Waals surface area contributed by atoms with Gasteiger partial charge in [-0.15, -0.1) is 5.10 Å². The first-order valence-corrected chi connectivity index (χ1v) is 7.23. The molecule has 0 aliphatic carbocycles. The predicted molar refractivity (Wildman–Crippen MR) is 85.1 cm³/mol. The number of unbranched alkanes of at least 4 members (excludes halogenated alkanes) is 1. The van der Waals surface area contributed by atoms with E-state index in [2.05, 4.69) is 17.0 Å². The molecule has 5 nitrogen and oxygen atoms in total. The molecular formula is C17H18N3O2. The van der Waals surface area contributed by atoms with Gasteiger partial charge in [0.05, 0.1) is 25.6 Å². The Labute approximate surface area is 129 Å². The lowest BCUT2D eigenvalue weighted by Crippen LogP contribution is -2.02. The molecule has 1 radical (unpaired) electrons. The second kappa shape index (κ2) is 6.47. The number of ether oxygens (including phenoxy) is 2. The topological polar surface area (TPSA) is 48.7 Å². The fourth-order valence-corrected chi connectivity index (χ4v) is 2.17. The van der Waals surface area contributed by atoms with Gasteiger partial charge in [0.1, 0.15) is 5.75 Å². The van der Waals surface area contributed by atoms with Crippen LogP contribution in [0.3, 0.4) is 0 Å². The molecule has 0 saturated heterocycles. The van der Waals surface area contributed by atoms with Crippen LogP contribution in [0.2, 0.25) is 0 Å². The number of benzene rings is 1. The standard InChI is InChI=1S/C17H18N3O2/c1-3-4-11-22-17-10-9-16-18-12-15(20(16)19-17)13-5-7-14(21-2)8-6-13/h5-10,12H,1,3-4,11H2,2H3. The highest BCUT2D eigenvalue weighted by molar-refractivity contribution is 5.63. The number of hydrogen-bond donors (Lipinski definition) is 0. The average molecular weight is 296 g/mol. The maximum atomic E-state index is 5.63. The minimum Gasteiger partial charge on any atom is -0.497 e. The van der Waals surface area contributed by atoms with Crippen molar-refractivity contribution in [2.24, 2.45) is 0 Å². The lowest BCUT2D eigenvalue weighted by atomic mass is 10.1. The molecule has 0 unspecified atom stereocenters. The van der Waals surface area contributed by atoms with Crippen molar-refractivity contribution in [3.8, 4) is 22.9 Å². The highest BCUT2D eigenvalue weighted by Gasteiger charge is 2.08. The minimum absolute atomic E-state index is 0.591. The van der Waals surface area contributed by atoms with Gasteiger partial charge in [0.15, 0.2) is 5.65 Å². The second-order valence-corrected chi connectivity index (χ2v) is 4.87. The predicted octanol–water partition coefficient (Wildman–Crippen LogP) is 3.40. The van der Waals surface area contributed by atoms with E-state index in [0.29, 0.717) is 12.5 Å². The molecule has 0 atom stereocenters. The summed E-state index contributed by atoms with van der Waals surface area (Å²) in [4.78, 5) is 4.38. The fraction of sp³-hybridized carbons (Fsp3) is 0.235. The molecule has 0 amide bonds. The van der Waals surface area contributed by atoms with E-state index < -0.39 is 0 Å². The third-order valence-electron chi connectivity index (χ3n) is 3.37. The van der Waals surface area contributed by atoms with Crippen molar-refractivity contribution in [3.63, 3.8) is 0 Å². The zero-order valence-electron chi connectivity index (χ0n) is 12.5. The molecule has 0 bridgehead atoms. The first-order valence-electron chi connectivity index (χ1n) is 7.23. The highest BCUT2D eigenvalue weighted by atomic mass is 16.5. The second-order valence-electron chi connectivity index (χ2n) is 4.87. The van der Waals surface area contributed by atoms with Crippen molar-refractivity contribution in [2.75, 3.05) is 13.7 Å². The van der Waals surface area contributed by atoms with Crippen LogP contribution in [-0.4, -0.2) is 28.3 Å². The molecule has 3 aromatic rings. The molecule has 0 N–H and O–H groups in total. The molecule has 2 aromatic heterocycles. The van der Waals surface area contributed by atoms with Gasteiger partial charge >= 0.3 is 0 Å². The molecular weight excluding hydrogens is 278 g/mol. The molecule has 0 saturated carbocycles. The number of imidazole rings is 1. The van der Waals surface area contributed by atoms with Crippen LogP contribution in [0, 0.1) is 6.92 Å². The SMILES string of the molecule is [CH2]CCCOc1ccc2ncc(-c3ccc(OC)cc3)n2n1. The minimum atomic E-state index is 0.591. The van der Waals surface area contributed by atoms with Crippen LogP contribution in [0.1, 0.15) is 12.8 Å². The van der Waals surface area contributed by atoms with E-state index >= 15 is 0 Å². The summed E-state index contributed by atoms with van der Waals surface area (Å²) in [5.41, 5.74) is 2.73. The highest BCUT2D eigenvalue weighted by Crippen LogP contribution is 2.23. The Morgan fingerprint density at radius 1 is 1.14 bits per heavy atom. The van der Waals surface area contributed by atoms with E-state index in [0.717, 1.165) is 35.5 Å². The van der Waals surface area contributed by atoms with Crippen molar-refractivity contribution in [1.29, 1.82) is 0 Å². The van der Waals surface area contributed by atoms with Crippen molar-refractivity contribution in [2.45, 2.75) is 12.8 Å². The van der Waals surface area contributed by atoms with E-state index in [1.807, 2.05) is 42.6 Å². The summed E-state index contributed by atoms with van der Waals surface area (Å²) >= 11 is 0. The number of rotatable bonds is 6.